The summed E-state index contributed by atoms with van der Waals surface area (Å²) < 4.78 is 0. The third-order valence-electron chi connectivity index (χ3n) is 4.03. The molecule has 1 aliphatic heterocycles. The highest BCUT2D eigenvalue weighted by atomic mass is 32.1. The molecular weight excluding hydrogens is 284 g/mol. The van der Waals surface area contributed by atoms with Gasteiger partial charge >= 0.3 is 0 Å². The lowest BCUT2D eigenvalue weighted by Crippen LogP contribution is -2.34. The number of Topliss-reactive ketones (excluding diaryl/α,β-unsaturated/α-hetero) is 1. The average molecular weight is 306 g/mol. The van der Waals surface area contributed by atoms with Crippen LogP contribution >= 0.6 is 11.3 Å². The second kappa shape index (κ2) is 6.92. The van der Waals surface area contributed by atoms with E-state index in [2.05, 4.69) is 23.2 Å². The third kappa shape index (κ3) is 3.20. The van der Waals surface area contributed by atoms with Gasteiger partial charge in [0.1, 0.15) is 16.6 Å². The molecule has 2 rings (SSSR count). The van der Waals surface area contributed by atoms with Gasteiger partial charge in [-0.05, 0) is 25.9 Å². The van der Waals surface area contributed by atoms with E-state index < -0.39 is 0 Å². The van der Waals surface area contributed by atoms with Gasteiger partial charge in [0, 0.05) is 19.0 Å². The van der Waals surface area contributed by atoms with Crippen LogP contribution in [0.2, 0.25) is 0 Å². The molecule has 1 atom stereocenters. The summed E-state index contributed by atoms with van der Waals surface area (Å²) in [5, 5.41) is 13.3. The summed E-state index contributed by atoms with van der Waals surface area (Å²) in [6, 6.07) is 2.62. The molecule has 114 valence electrons. The number of carbonyl (C=O) groups excluding carboxylic acids is 1. The lowest BCUT2D eigenvalue weighted by atomic mass is 10.2. The second-order valence-corrected chi connectivity index (χ2v) is 6.26. The summed E-state index contributed by atoms with van der Waals surface area (Å²) in [4.78, 5) is 14.8. The first kappa shape index (κ1) is 15.8. The van der Waals surface area contributed by atoms with Crippen molar-refractivity contribution >= 4 is 27.8 Å². The smallest absolute Gasteiger partial charge is 0.174 e. The van der Waals surface area contributed by atoms with E-state index >= 15 is 0 Å². The van der Waals surface area contributed by atoms with E-state index in [1.165, 1.54) is 24.2 Å². The fraction of sp³-hybridized carbons (Fsp3) is 0.600. The Kier molecular flexibility index (Phi) is 5.21. The molecule has 21 heavy (non-hydrogen) atoms. The second-order valence-electron chi connectivity index (χ2n) is 5.24. The van der Waals surface area contributed by atoms with Crippen LogP contribution in [0.5, 0.6) is 0 Å². The number of nitrogen functional groups attached to an aromatic ring is 1. The number of hydrogen-bond acceptors (Lipinski definition) is 6. The minimum atomic E-state index is -0.00176. The molecule has 5 nitrogen and oxygen atoms in total. The molecule has 0 bridgehead atoms. The van der Waals surface area contributed by atoms with Gasteiger partial charge < -0.3 is 11.1 Å². The minimum Gasteiger partial charge on any atom is -0.396 e. The lowest BCUT2D eigenvalue weighted by Gasteiger charge is -2.23. The first-order chi connectivity index (χ1) is 10.1. The van der Waals surface area contributed by atoms with Crippen LogP contribution < -0.4 is 11.1 Å². The van der Waals surface area contributed by atoms with Crippen molar-refractivity contribution in [2.24, 2.45) is 0 Å². The predicted octanol–water partition coefficient (Wildman–Crippen LogP) is 2.69. The van der Waals surface area contributed by atoms with Crippen molar-refractivity contribution in [3.8, 4) is 6.07 Å². The number of nitriles is 1. The van der Waals surface area contributed by atoms with Crippen LogP contribution in [0.4, 0.5) is 10.7 Å². The Hall–Kier alpha value is -1.58. The maximum absolute atomic E-state index is 11.9. The molecule has 0 aliphatic carbocycles. The number of nitrogens with two attached hydrogens (primary N) is 1. The monoisotopic (exact) mass is 306 g/mol. The molecule has 1 unspecified atom stereocenters. The van der Waals surface area contributed by atoms with Crippen LogP contribution in [0.25, 0.3) is 0 Å². The summed E-state index contributed by atoms with van der Waals surface area (Å²) in [5.74, 6) is -0.00176. The maximum atomic E-state index is 11.9. The first-order valence-electron chi connectivity index (χ1n) is 7.45. The van der Waals surface area contributed by atoms with E-state index in [9.17, 15) is 10.1 Å². The molecule has 1 aromatic heterocycles. The van der Waals surface area contributed by atoms with Crippen molar-refractivity contribution in [3.05, 3.63) is 10.4 Å². The molecule has 0 aromatic carbocycles. The Labute approximate surface area is 129 Å². The minimum absolute atomic E-state index is 0.00176. The van der Waals surface area contributed by atoms with E-state index in [-0.39, 0.29) is 5.78 Å². The molecule has 2 heterocycles. The lowest BCUT2D eigenvalue weighted by molar-refractivity contribution is 0.0993. The predicted molar refractivity (Wildman–Crippen MR) is 86.8 cm³/mol. The Morgan fingerprint density at radius 1 is 1.57 bits per heavy atom. The average Bonchev–Trinajstić information content (AvgIpc) is 3.07. The molecule has 6 heteroatoms. The Balaban J connectivity index is 2.13. The van der Waals surface area contributed by atoms with Gasteiger partial charge in [-0.3, -0.25) is 9.69 Å². The van der Waals surface area contributed by atoms with Crippen LogP contribution in [-0.2, 0) is 0 Å². The molecule has 0 saturated carbocycles. The van der Waals surface area contributed by atoms with Gasteiger partial charge in [-0.15, -0.1) is 11.3 Å². The van der Waals surface area contributed by atoms with Gasteiger partial charge in [0.15, 0.2) is 5.78 Å². The molecule has 1 aliphatic rings. The van der Waals surface area contributed by atoms with Gasteiger partial charge in [0.05, 0.1) is 10.6 Å². The molecule has 0 amide bonds. The largest absolute Gasteiger partial charge is 0.396 e. The quantitative estimate of drug-likeness (QED) is 0.790. The molecule has 3 N–H and O–H groups in total. The van der Waals surface area contributed by atoms with Gasteiger partial charge in [-0.2, -0.15) is 5.26 Å². The van der Waals surface area contributed by atoms with Gasteiger partial charge in [0.25, 0.3) is 0 Å². The maximum Gasteiger partial charge on any atom is 0.174 e. The van der Waals surface area contributed by atoms with E-state index in [0.29, 0.717) is 28.6 Å². The number of carbonyl (C=O) groups is 1. The number of thiophene rings is 1. The third-order valence-corrected chi connectivity index (χ3v) is 5.24. The highest BCUT2D eigenvalue weighted by Gasteiger charge is 2.24. The molecular formula is C15H22N4OS. The summed E-state index contributed by atoms with van der Waals surface area (Å²) in [7, 11) is 0. The van der Waals surface area contributed by atoms with Crippen molar-refractivity contribution in [3.63, 3.8) is 0 Å². The van der Waals surface area contributed by atoms with E-state index in [1.807, 2.05) is 0 Å². The van der Waals surface area contributed by atoms with Crippen LogP contribution in [0, 0.1) is 11.3 Å². The molecule has 0 spiro atoms. The first-order valence-corrected chi connectivity index (χ1v) is 8.27. The van der Waals surface area contributed by atoms with Gasteiger partial charge in [-0.25, -0.2) is 0 Å². The summed E-state index contributed by atoms with van der Waals surface area (Å²) >= 11 is 1.31. The number of nitrogens with one attached hydrogen (secondary N) is 1. The van der Waals surface area contributed by atoms with Crippen LogP contribution in [0.1, 0.15) is 48.3 Å². The van der Waals surface area contributed by atoms with E-state index in [4.69, 9.17) is 5.73 Å². The fourth-order valence-electron chi connectivity index (χ4n) is 2.80. The number of nitrogens with zero attached hydrogens (tertiary/aromatic N) is 2. The normalized spacial score (nSPS) is 18.6. The van der Waals surface area contributed by atoms with Crippen molar-refractivity contribution in [1.29, 1.82) is 5.26 Å². The zero-order chi connectivity index (χ0) is 15.4. The molecule has 1 saturated heterocycles. The number of rotatable bonds is 6. The van der Waals surface area contributed by atoms with Crippen molar-refractivity contribution in [1.82, 2.24) is 4.90 Å². The number of ketones is 1. The van der Waals surface area contributed by atoms with Gasteiger partial charge in [-0.1, -0.05) is 13.8 Å². The highest BCUT2D eigenvalue weighted by molar-refractivity contribution is 7.19. The number of anilines is 2. The fourth-order valence-corrected chi connectivity index (χ4v) is 3.89. The summed E-state index contributed by atoms with van der Waals surface area (Å²) in [6.07, 6.45) is 2.79. The number of likely N-dealkylation sites (N-methyl/N-ethyl adjacent to an activating group) is 1. The highest BCUT2D eigenvalue weighted by Crippen LogP contribution is 2.36. The SMILES string of the molecule is CCC(=O)c1sc(NCC2CCCN2CC)c(C#N)c1N. The molecule has 0 radical (unpaired) electrons. The Bertz CT molecular complexity index is 561. The Morgan fingerprint density at radius 2 is 2.33 bits per heavy atom. The zero-order valence-electron chi connectivity index (χ0n) is 12.6. The van der Waals surface area contributed by atoms with Crippen LogP contribution in [0.3, 0.4) is 0 Å². The standard InChI is InChI=1S/C15H22N4OS/c1-3-12(20)14-13(17)11(8-16)15(21-14)18-9-10-6-5-7-19(10)4-2/h10,18H,3-7,9,17H2,1-2H3. The van der Waals surface area contributed by atoms with Crippen LogP contribution in [-0.4, -0.2) is 36.4 Å². The van der Waals surface area contributed by atoms with Crippen molar-refractivity contribution in [2.45, 2.75) is 39.2 Å². The topological polar surface area (TPSA) is 82.2 Å². The summed E-state index contributed by atoms with van der Waals surface area (Å²) in [5.41, 5.74) is 6.69. The molecule has 1 aromatic rings. The van der Waals surface area contributed by atoms with E-state index in [1.54, 1.807) is 6.92 Å². The van der Waals surface area contributed by atoms with Crippen molar-refractivity contribution < 1.29 is 4.79 Å². The van der Waals surface area contributed by atoms with E-state index in [0.717, 1.165) is 24.6 Å². The Morgan fingerprint density at radius 3 is 2.95 bits per heavy atom. The zero-order valence-corrected chi connectivity index (χ0v) is 13.4. The van der Waals surface area contributed by atoms with Gasteiger partial charge in [0.2, 0.25) is 0 Å². The number of likely N-dealkylation sites (tertiary alicyclic amines) is 1. The van der Waals surface area contributed by atoms with Crippen molar-refractivity contribution in [2.75, 3.05) is 30.7 Å². The molecule has 1 fully saturated rings. The number of hydrogen-bond donors (Lipinski definition) is 2. The van der Waals surface area contributed by atoms with Crippen LogP contribution in [0.15, 0.2) is 0 Å². The summed E-state index contributed by atoms with van der Waals surface area (Å²) in [6.45, 7) is 6.95.